The SMILES string of the molecule is NCC(F)(F)CNC(=O)c1ccc(CC2CC(=O)NC2=O)cc1. The molecule has 1 aliphatic heterocycles. The molecular weight excluding hydrogens is 308 g/mol. The Morgan fingerprint density at radius 2 is 1.96 bits per heavy atom. The zero-order valence-electron chi connectivity index (χ0n) is 12.3. The van der Waals surface area contributed by atoms with Gasteiger partial charge >= 0.3 is 0 Å². The van der Waals surface area contributed by atoms with Crippen molar-refractivity contribution in [2.75, 3.05) is 13.1 Å². The quantitative estimate of drug-likeness (QED) is 0.651. The summed E-state index contributed by atoms with van der Waals surface area (Å²) in [6.45, 7) is -1.66. The minimum absolute atomic E-state index is 0.148. The van der Waals surface area contributed by atoms with E-state index in [9.17, 15) is 23.2 Å². The topological polar surface area (TPSA) is 101 Å². The van der Waals surface area contributed by atoms with Crippen LogP contribution in [0.3, 0.4) is 0 Å². The molecule has 0 spiro atoms. The lowest BCUT2D eigenvalue weighted by Crippen LogP contribution is -2.41. The number of amides is 3. The summed E-state index contributed by atoms with van der Waals surface area (Å²) in [5, 5.41) is 4.35. The van der Waals surface area contributed by atoms with Crippen molar-refractivity contribution < 1.29 is 23.2 Å². The first kappa shape index (κ1) is 17.0. The number of halogens is 2. The van der Waals surface area contributed by atoms with E-state index in [-0.39, 0.29) is 23.8 Å². The van der Waals surface area contributed by atoms with E-state index in [0.717, 1.165) is 5.56 Å². The number of benzene rings is 1. The van der Waals surface area contributed by atoms with Gasteiger partial charge in [-0.1, -0.05) is 12.1 Å². The van der Waals surface area contributed by atoms with Crippen LogP contribution >= 0.6 is 0 Å². The van der Waals surface area contributed by atoms with Gasteiger partial charge in [0.15, 0.2) is 0 Å². The molecule has 0 radical (unpaired) electrons. The molecule has 1 atom stereocenters. The molecule has 1 fully saturated rings. The van der Waals surface area contributed by atoms with Gasteiger partial charge in [-0.25, -0.2) is 8.78 Å². The highest BCUT2D eigenvalue weighted by molar-refractivity contribution is 6.03. The number of nitrogens with one attached hydrogen (secondary N) is 2. The number of alkyl halides is 2. The Bertz CT molecular complexity index is 617. The molecule has 0 bridgehead atoms. The highest BCUT2D eigenvalue weighted by Gasteiger charge is 2.30. The maximum Gasteiger partial charge on any atom is 0.277 e. The number of hydrogen-bond acceptors (Lipinski definition) is 4. The van der Waals surface area contributed by atoms with Gasteiger partial charge in [0.1, 0.15) is 0 Å². The summed E-state index contributed by atoms with van der Waals surface area (Å²) >= 11 is 0. The zero-order chi connectivity index (χ0) is 17.0. The van der Waals surface area contributed by atoms with Crippen LogP contribution in [0.25, 0.3) is 0 Å². The van der Waals surface area contributed by atoms with Crippen molar-refractivity contribution in [1.82, 2.24) is 10.6 Å². The number of imide groups is 1. The molecular formula is C15H17F2N3O3. The molecule has 6 nitrogen and oxygen atoms in total. The summed E-state index contributed by atoms with van der Waals surface area (Å²) in [7, 11) is 0. The van der Waals surface area contributed by atoms with Crippen LogP contribution in [0, 0.1) is 5.92 Å². The van der Waals surface area contributed by atoms with Gasteiger partial charge < -0.3 is 11.1 Å². The second kappa shape index (κ2) is 6.82. The van der Waals surface area contributed by atoms with Gasteiger partial charge in [-0.15, -0.1) is 0 Å². The fourth-order valence-corrected chi connectivity index (χ4v) is 2.23. The second-order valence-electron chi connectivity index (χ2n) is 5.46. The van der Waals surface area contributed by atoms with E-state index < -0.39 is 30.8 Å². The van der Waals surface area contributed by atoms with E-state index in [1.54, 1.807) is 12.1 Å². The van der Waals surface area contributed by atoms with Gasteiger partial charge in [0.05, 0.1) is 19.0 Å². The van der Waals surface area contributed by atoms with Crippen LogP contribution in [0.4, 0.5) is 8.78 Å². The average Bonchev–Trinajstić information content (AvgIpc) is 2.83. The Morgan fingerprint density at radius 1 is 1.30 bits per heavy atom. The zero-order valence-corrected chi connectivity index (χ0v) is 12.3. The van der Waals surface area contributed by atoms with Gasteiger partial charge in [0.2, 0.25) is 11.8 Å². The molecule has 0 saturated carbocycles. The number of carbonyl (C=O) groups is 3. The van der Waals surface area contributed by atoms with Crippen molar-refractivity contribution in [2.24, 2.45) is 11.7 Å². The lowest BCUT2D eigenvalue weighted by Gasteiger charge is -2.14. The van der Waals surface area contributed by atoms with Gasteiger partial charge in [0, 0.05) is 12.0 Å². The fourth-order valence-electron chi connectivity index (χ4n) is 2.23. The van der Waals surface area contributed by atoms with Crippen LogP contribution in [0.2, 0.25) is 0 Å². The Balaban J connectivity index is 1.93. The smallest absolute Gasteiger partial charge is 0.277 e. The van der Waals surface area contributed by atoms with Crippen molar-refractivity contribution >= 4 is 17.7 Å². The summed E-state index contributed by atoms with van der Waals surface area (Å²) in [6, 6.07) is 6.23. The van der Waals surface area contributed by atoms with Crippen molar-refractivity contribution in [3.63, 3.8) is 0 Å². The molecule has 1 unspecified atom stereocenters. The van der Waals surface area contributed by atoms with E-state index >= 15 is 0 Å². The fraction of sp³-hybridized carbons (Fsp3) is 0.400. The van der Waals surface area contributed by atoms with E-state index in [0.29, 0.717) is 6.42 Å². The average molecular weight is 325 g/mol. The molecule has 0 aromatic heterocycles. The third-order valence-corrected chi connectivity index (χ3v) is 3.57. The molecule has 0 aliphatic carbocycles. The van der Waals surface area contributed by atoms with Gasteiger partial charge in [-0.05, 0) is 24.1 Å². The lowest BCUT2D eigenvalue weighted by atomic mass is 9.97. The minimum atomic E-state index is -3.14. The number of rotatable bonds is 6. The summed E-state index contributed by atoms with van der Waals surface area (Å²) in [5.74, 6) is -4.78. The molecule has 8 heteroatoms. The normalized spacial score (nSPS) is 18.0. The minimum Gasteiger partial charge on any atom is -0.346 e. The summed E-state index contributed by atoms with van der Waals surface area (Å²) in [6.07, 6.45) is 0.528. The van der Waals surface area contributed by atoms with Crippen LogP contribution in [-0.2, 0) is 16.0 Å². The molecule has 3 amide bonds. The van der Waals surface area contributed by atoms with Crippen molar-refractivity contribution in [2.45, 2.75) is 18.8 Å². The third kappa shape index (κ3) is 4.56. The standard InChI is InChI=1S/C15H17F2N3O3/c16-15(17,7-18)8-19-13(22)10-3-1-9(2-4-10)5-11-6-12(21)20-14(11)23/h1-4,11H,5-8,18H2,(H,19,22)(H,20,21,23). The highest BCUT2D eigenvalue weighted by atomic mass is 19.3. The molecule has 124 valence electrons. The van der Waals surface area contributed by atoms with Crippen molar-refractivity contribution in [3.8, 4) is 0 Å². The Morgan fingerprint density at radius 3 is 2.48 bits per heavy atom. The summed E-state index contributed by atoms with van der Waals surface area (Å²) in [5.41, 5.74) is 5.90. The van der Waals surface area contributed by atoms with Gasteiger partial charge in [-0.2, -0.15) is 0 Å². The Hall–Kier alpha value is -2.35. The predicted molar refractivity (Wildman–Crippen MR) is 77.7 cm³/mol. The first-order chi connectivity index (χ1) is 10.8. The van der Waals surface area contributed by atoms with Gasteiger partial charge in [0.25, 0.3) is 11.8 Å². The molecule has 4 N–H and O–H groups in total. The van der Waals surface area contributed by atoms with E-state index in [4.69, 9.17) is 5.73 Å². The van der Waals surface area contributed by atoms with Crippen LogP contribution in [0.1, 0.15) is 22.3 Å². The van der Waals surface area contributed by atoms with Crippen LogP contribution in [0.5, 0.6) is 0 Å². The Kier molecular flexibility index (Phi) is 5.05. The molecule has 1 aromatic rings. The van der Waals surface area contributed by atoms with Crippen LogP contribution in [-0.4, -0.2) is 36.7 Å². The van der Waals surface area contributed by atoms with Gasteiger partial charge in [-0.3, -0.25) is 19.7 Å². The van der Waals surface area contributed by atoms with E-state index in [2.05, 4.69) is 10.6 Å². The van der Waals surface area contributed by atoms with E-state index in [1.807, 2.05) is 0 Å². The predicted octanol–water partition coefficient (Wildman–Crippen LogP) is 0.216. The summed E-state index contributed by atoms with van der Waals surface area (Å²) < 4.78 is 26.0. The third-order valence-electron chi connectivity index (χ3n) is 3.57. The second-order valence-corrected chi connectivity index (χ2v) is 5.46. The Labute approximate surface area is 131 Å². The molecule has 1 aliphatic rings. The molecule has 23 heavy (non-hydrogen) atoms. The first-order valence-electron chi connectivity index (χ1n) is 7.09. The largest absolute Gasteiger partial charge is 0.346 e. The van der Waals surface area contributed by atoms with Crippen molar-refractivity contribution in [3.05, 3.63) is 35.4 Å². The van der Waals surface area contributed by atoms with Crippen LogP contribution in [0.15, 0.2) is 24.3 Å². The summed E-state index contributed by atoms with van der Waals surface area (Å²) in [4.78, 5) is 34.4. The maximum atomic E-state index is 13.0. The molecule has 1 saturated heterocycles. The van der Waals surface area contributed by atoms with E-state index in [1.165, 1.54) is 12.1 Å². The molecule has 1 heterocycles. The first-order valence-corrected chi connectivity index (χ1v) is 7.09. The number of nitrogens with two attached hydrogens (primary N) is 1. The highest BCUT2D eigenvalue weighted by Crippen LogP contribution is 2.18. The van der Waals surface area contributed by atoms with Crippen LogP contribution < -0.4 is 16.4 Å². The lowest BCUT2D eigenvalue weighted by molar-refractivity contribution is -0.125. The number of carbonyl (C=O) groups excluding carboxylic acids is 3. The molecule has 1 aromatic carbocycles. The molecule has 2 rings (SSSR count). The van der Waals surface area contributed by atoms with Crippen molar-refractivity contribution in [1.29, 1.82) is 0 Å². The maximum absolute atomic E-state index is 13.0. The number of hydrogen-bond donors (Lipinski definition) is 3. The monoisotopic (exact) mass is 325 g/mol.